The molecule has 6 nitrogen and oxygen atoms in total. The number of rotatable bonds is 5. The standard InChI is InChI=1S/C13H16N2O4/c1-9-2-4-11(5-3-9)19-8-10(16)7-15-12(17)6-14-13(15)18/h2-5,10,16H,6-8H2,1H3,(H,14,18)/t10-/m0/s1. The summed E-state index contributed by atoms with van der Waals surface area (Å²) in [7, 11) is 0. The van der Waals surface area contributed by atoms with Crippen molar-refractivity contribution in [2.75, 3.05) is 19.7 Å². The van der Waals surface area contributed by atoms with Gasteiger partial charge < -0.3 is 15.2 Å². The Kier molecular flexibility index (Phi) is 4.01. The maximum Gasteiger partial charge on any atom is 0.324 e. The smallest absolute Gasteiger partial charge is 0.324 e. The Morgan fingerprint density at radius 2 is 2.05 bits per heavy atom. The van der Waals surface area contributed by atoms with E-state index < -0.39 is 12.1 Å². The highest BCUT2D eigenvalue weighted by Crippen LogP contribution is 2.12. The number of carbonyl (C=O) groups is 2. The van der Waals surface area contributed by atoms with E-state index in [1.165, 1.54) is 0 Å². The lowest BCUT2D eigenvalue weighted by Gasteiger charge is -2.17. The van der Waals surface area contributed by atoms with Crippen molar-refractivity contribution in [3.8, 4) is 5.75 Å². The number of β-amino-alcohol motifs (C(OH)–C–C–N with tert-alkyl or cyclic N) is 1. The van der Waals surface area contributed by atoms with Crippen LogP contribution in [0.15, 0.2) is 24.3 Å². The normalized spacial score (nSPS) is 16.4. The minimum Gasteiger partial charge on any atom is -0.491 e. The number of nitrogens with zero attached hydrogens (tertiary/aromatic N) is 1. The molecule has 1 aromatic carbocycles. The molecule has 0 aliphatic carbocycles. The zero-order valence-electron chi connectivity index (χ0n) is 10.6. The second-order valence-electron chi connectivity index (χ2n) is 4.44. The van der Waals surface area contributed by atoms with Gasteiger partial charge in [0.05, 0.1) is 13.1 Å². The molecule has 1 heterocycles. The number of ether oxygens (including phenoxy) is 1. The summed E-state index contributed by atoms with van der Waals surface area (Å²) in [4.78, 5) is 23.6. The van der Waals surface area contributed by atoms with Gasteiger partial charge in [0, 0.05) is 0 Å². The summed E-state index contributed by atoms with van der Waals surface area (Å²) >= 11 is 0. The van der Waals surface area contributed by atoms with Gasteiger partial charge in [-0.25, -0.2) is 4.79 Å². The van der Waals surface area contributed by atoms with Crippen LogP contribution >= 0.6 is 0 Å². The Bertz CT molecular complexity index is 456. The predicted molar refractivity (Wildman–Crippen MR) is 67.8 cm³/mol. The van der Waals surface area contributed by atoms with Gasteiger partial charge in [0.25, 0.3) is 0 Å². The largest absolute Gasteiger partial charge is 0.491 e. The highest BCUT2D eigenvalue weighted by Gasteiger charge is 2.30. The monoisotopic (exact) mass is 264 g/mol. The summed E-state index contributed by atoms with van der Waals surface area (Å²) in [5, 5.41) is 12.2. The molecule has 1 atom stereocenters. The van der Waals surface area contributed by atoms with E-state index in [2.05, 4.69) is 5.32 Å². The van der Waals surface area contributed by atoms with E-state index in [0.717, 1.165) is 10.5 Å². The minimum atomic E-state index is -0.908. The van der Waals surface area contributed by atoms with Gasteiger partial charge in [0.1, 0.15) is 18.5 Å². The van der Waals surface area contributed by atoms with Crippen molar-refractivity contribution >= 4 is 11.9 Å². The Balaban J connectivity index is 1.81. The Hall–Kier alpha value is -2.08. The fraction of sp³-hybridized carbons (Fsp3) is 0.385. The van der Waals surface area contributed by atoms with Crippen LogP contribution in [0.4, 0.5) is 4.79 Å². The summed E-state index contributed by atoms with van der Waals surface area (Å²) in [6.07, 6.45) is -0.908. The van der Waals surface area contributed by atoms with Crippen molar-refractivity contribution < 1.29 is 19.4 Å². The molecule has 1 aliphatic heterocycles. The number of aliphatic hydroxyl groups excluding tert-OH is 1. The average Bonchev–Trinajstić information content (AvgIpc) is 2.70. The zero-order chi connectivity index (χ0) is 13.8. The maximum absolute atomic E-state index is 11.3. The van der Waals surface area contributed by atoms with E-state index in [-0.39, 0.29) is 25.6 Å². The van der Waals surface area contributed by atoms with Crippen molar-refractivity contribution in [1.82, 2.24) is 10.2 Å². The fourth-order valence-electron chi connectivity index (χ4n) is 1.73. The van der Waals surface area contributed by atoms with Crippen molar-refractivity contribution in [3.63, 3.8) is 0 Å². The van der Waals surface area contributed by atoms with Crippen molar-refractivity contribution in [3.05, 3.63) is 29.8 Å². The van der Waals surface area contributed by atoms with Crippen LogP contribution in [0, 0.1) is 6.92 Å². The van der Waals surface area contributed by atoms with Crippen LogP contribution in [-0.2, 0) is 4.79 Å². The first-order valence-electron chi connectivity index (χ1n) is 6.02. The molecule has 1 fully saturated rings. The van der Waals surface area contributed by atoms with E-state index in [9.17, 15) is 14.7 Å². The van der Waals surface area contributed by atoms with E-state index in [0.29, 0.717) is 5.75 Å². The molecule has 0 saturated carbocycles. The summed E-state index contributed by atoms with van der Waals surface area (Å²) < 4.78 is 5.38. The molecule has 0 bridgehead atoms. The first-order chi connectivity index (χ1) is 9.06. The van der Waals surface area contributed by atoms with Gasteiger partial charge in [-0.2, -0.15) is 0 Å². The second kappa shape index (κ2) is 5.71. The molecular weight excluding hydrogens is 248 g/mol. The number of imide groups is 1. The Morgan fingerprint density at radius 3 is 2.63 bits per heavy atom. The van der Waals surface area contributed by atoms with Crippen LogP contribution in [0.5, 0.6) is 5.75 Å². The third-order valence-electron chi connectivity index (χ3n) is 2.79. The molecule has 0 unspecified atom stereocenters. The highest BCUT2D eigenvalue weighted by atomic mass is 16.5. The zero-order valence-corrected chi connectivity index (χ0v) is 10.6. The quantitative estimate of drug-likeness (QED) is 0.749. The van der Waals surface area contributed by atoms with E-state index in [1.54, 1.807) is 12.1 Å². The fourth-order valence-corrected chi connectivity index (χ4v) is 1.73. The summed E-state index contributed by atoms with van der Waals surface area (Å²) in [5.74, 6) is 0.307. The number of carbonyl (C=O) groups excluding carboxylic acids is 2. The lowest BCUT2D eigenvalue weighted by atomic mass is 10.2. The van der Waals surface area contributed by atoms with E-state index >= 15 is 0 Å². The first kappa shape index (κ1) is 13.4. The molecule has 0 radical (unpaired) electrons. The van der Waals surface area contributed by atoms with Crippen LogP contribution < -0.4 is 10.1 Å². The van der Waals surface area contributed by atoms with Crippen LogP contribution in [-0.4, -0.2) is 47.7 Å². The van der Waals surface area contributed by atoms with Crippen molar-refractivity contribution in [2.45, 2.75) is 13.0 Å². The maximum atomic E-state index is 11.3. The number of urea groups is 1. The van der Waals surface area contributed by atoms with Crippen molar-refractivity contribution in [2.24, 2.45) is 0 Å². The Morgan fingerprint density at radius 1 is 1.37 bits per heavy atom. The molecule has 3 amide bonds. The number of hydrogen-bond acceptors (Lipinski definition) is 4. The van der Waals surface area contributed by atoms with Crippen LogP contribution in [0.1, 0.15) is 5.56 Å². The number of aryl methyl sites for hydroxylation is 1. The SMILES string of the molecule is Cc1ccc(OC[C@@H](O)CN2C(=O)CNC2=O)cc1. The number of benzene rings is 1. The molecule has 1 aliphatic rings. The van der Waals surface area contributed by atoms with Gasteiger partial charge in [0.2, 0.25) is 5.91 Å². The van der Waals surface area contributed by atoms with Gasteiger partial charge in [-0.05, 0) is 19.1 Å². The lowest BCUT2D eigenvalue weighted by Crippen LogP contribution is -2.39. The second-order valence-corrected chi connectivity index (χ2v) is 4.44. The minimum absolute atomic E-state index is 0.00955. The molecule has 6 heteroatoms. The number of aliphatic hydroxyl groups is 1. The molecule has 0 aromatic heterocycles. The van der Waals surface area contributed by atoms with E-state index in [1.807, 2.05) is 19.1 Å². The number of nitrogens with one attached hydrogen (secondary N) is 1. The highest BCUT2D eigenvalue weighted by molar-refractivity contribution is 6.01. The molecule has 102 valence electrons. The van der Waals surface area contributed by atoms with Gasteiger partial charge in [0.15, 0.2) is 0 Å². The summed E-state index contributed by atoms with van der Waals surface area (Å²) in [6.45, 7) is 1.93. The summed E-state index contributed by atoms with van der Waals surface area (Å²) in [6, 6.07) is 6.93. The molecule has 0 spiro atoms. The molecular formula is C13H16N2O4. The van der Waals surface area contributed by atoms with Crippen LogP contribution in [0.3, 0.4) is 0 Å². The summed E-state index contributed by atoms with van der Waals surface area (Å²) in [5.41, 5.74) is 1.12. The van der Waals surface area contributed by atoms with Gasteiger partial charge >= 0.3 is 6.03 Å². The number of amides is 3. The van der Waals surface area contributed by atoms with E-state index in [4.69, 9.17) is 4.74 Å². The van der Waals surface area contributed by atoms with Crippen LogP contribution in [0.25, 0.3) is 0 Å². The lowest BCUT2D eigenvalue weighted by molar-refractivity contribution is -0.126. The molecule has 2 N–H and O–H groups in total. The van der Waals surface area contributed by atoms with Crippen LogP contribution in [0.2, 0.25) is 0 Å². The number of hydrogen-bond donors (Lipinski definition) is 2. The molecule has 19 heavy (non-hydrogen) atoms. The third kappa shape index (κ3) is 3.45. The average molecular weight is 264 g/mol. The molecule has 1 saturated heterocycles. The van der Waals surface area contributed by atoms with Gasteiger partial charge in [-0.1, -0.05) is 17.7 Å². The molecule has 2 rings (SSSR count). The Labute approximate surface area is 111 Å². The van der Waals surface area contributed by atoms with Crippen molar-refractivity contribution in [1.29, 1.82) is 0 Å². The first-order valence-corrected chi connectivity index (χ1v) is 6.02. The topological polar surface area (TPSA) is 78.9 Å². The molecule has 1 aromatic rings. The predicted octanol–water partition coefficient (Wildman–Crippen LogP) is 0.287. The van der Waals surface area contributed by atoms with Gasteiger partial charge in [-0.15, -0.1) is 0 Å². The van der Waals surface area contributed by atoms with Gasteiger partial charge in [-0.3, -0.25) is 9.69 Å². The third-order valence-corrected chi connectivity index (χ3v) is 2.79.